The fourth-order valence-electron chi connectivity index (χ4n) is 2.33. The molecule has 30 heavy (non-hydrogen) atoms. The molecular weight excluding hydrogens is 396 g/mol. The molecule has 0 aromatic heterocycles. The number of rotatable bonds is 10. The largest absolute Gasteiger partial charge is 0.508 e. The highest BCUT2D eigenvalue weighted by Crippen LogP contribution is 2.12. The number of phenols is 2. The second kappa shape index (κ2) is 12.4. The highest BCUT2D eigenvalue weighted by Gasteiger charge is 2.17. The molecule has 10 nitrogen and oxygen atoms in total. The van der Waals surface area contributed by atoms with Gasteiger partial charge in [0.05, 0.1) is 0 Å². The van der Waals surface area contributed by atoms with Crippen molar-refractivity contribution in [1.82, 2.24) is 10.6 Å². The molecule has 0 fully saturated rings. The van der Waals surface area contributed by atoms with Crippen LogP contribution in [0.2, 0.25) is 0 Å². The van der Waals surface area contributed by atoms with Crippen LogP contribution in [0.15, 0.2) is 48.5 Å². The van der Waals surface area contributed by atoms with Gasteiger partial charge in [0.1, 0.15) is 23.6 Å². The number of benzene rings is 2. The van der Waals surface area contributed by atoms with Gasteiger partial charge in [-0.2, -0.15) is 0 Å². The number of carbonyl (C=O) groups is 4. The molecule has 0 unspecified atom stereocenters. The summed E-state index contributed by atoms with van der Waals surface area (Å²) in [5, 5.41) is 39.9. The van der Waals surface area contributed by atoms with Gasteiger partial charge in [-0.15, -0.1) is 0 Å². The second-order valence-electron chi connectivity index (χ2n) is 6.09. The third-order valence-electron chi connectivity index (χ3n) is 3.89. The number of aromatic hydroxyl groups is 2. The van der Waals surface area contributed by atoms with Crippen molar-refractivity contribution in [1.29, 1.82) is 0 Å². The van der Waals surface area contributed by atoms with E-state index in [1.165, 1.54) is 24.3 Å². The summed E-state index contributed by atoms with van der Waals surface area (Å²) in [5.41, 5.74) is 1.46. The normalized spacial score (nSPS) is 11.7. The van der Waals surface area contributed by atoms with Crippen LogP contribution in [0.5, 0.6) is 11.5 Å². The molecule has 0 aliphatic rings. The Bertz CT molecular complexity index is 765. The number of aliphatic carboxylic acids is 2. The van der Waals surface area contributed by atoms with Crippen molar-refractivity contribution in [2.45, 2.75) is 24.9 Å². The fourth-order valence-corrected chi connectivity index (χ4v) is 2.33. The van der Waals surface area contributed by atoms with Crippen LogP contribution in [0.3, 0.4) is 0 Å². The monoisotopic (exact) mass is 418 g/mol. The maximum atomic E-state index is 10.7. The summed E-state index contributed by atoms with van der Waals surface area (Å²) in [5.74, 6) is -1.94. The Morgan fingerprint density at radius 1 is 0.700 bits per heavy atom. The second-order valence-corrected chi connectivity index (χ2v) is 6.09. The van der Waals surface area contributed by atoms with Crippen LogP contribution in [0.4, 0.5) is 0 Å². The van der Waals surface area contributed by atoms with Gasteiger partial charge in [-0.3, -0.25) is 9.59 Å². The molecular formula is C20H22N2O8. The molecule has 0 radical (unpaired) electrons. The van der Waals surface area contributed by atoms with E-state index in [4.69, 9.17) is 20.4 Å². The van der Waals surface area contributed by atoms with Crippen molar-refractivity contribution in [3.8, 4) is 11.5 Å². The van der Waals surface area contributed by atoms with Crippen LogP contribution < -0.4 is 10.6 Å². The van der Waals surface area contributed by atoms with Gasteiger partial charge < -0.3 is 31.1 Å². The van der Waals surface area contributed by atoms with Crippen molar-refractivity contribution in [3.63, 3.8) is 0 Å². The molecule has 2 aromatic carbocycles. The number of carboxylic acid groups (broad SMARTS) is 2. The summed E-state index contributed by atoms with van der Waals surface area (Å²) in [4.78, 5) is 41.7. The minimum absolute atomic E-state index is 0.119. The molecule has 0 aliphatic heterocycles. The molecule has 6 N–H and O–H groups in total. The van der Waals surface area contributed by atoms with Crippen molar-refractivity contribution in [3.05, 3.63) is 59.7 Å². The summed E-state index contributed by atoms with van der Waals surface area (Å²) < 4.78 is 0. The summed E-state index contributed by atoms with van der Waals surface area (Å²) in [6.45, 7) is 0. The van der Waals surface area contributed by atoms with E-state index in [9.17, 15) is 19.2 Å². The van der Waals surface area contributed by atoms with E-state index in [2.05, 4.69) is 10.6 Å². The predicted octanol–water partition coefficient (Wildman–Crippen LogP) is 0.268. The lowest BCUT2D eigenvalue weighted by Crippen LogP contribution is -2.37. The lowest BCUT2D eigenvalue weighted by atomic mass is 10.1. The third kappa shape index (κ3) is 8.74. The van der Waals surface area contributed by atoms with Crippen LogP contribution in [0, 0.1) is 0 Å². The first-order chi connectivity index (χ1) is 14.3. The standard InChI is InChI=1S/2C10H11NO4/c2*12-6-11-9(10(14)15)5-7-1-3-8(13)4-2-7/h2*1-4,6,9,13H,5H2,(H,11,12)(H,14,15)/t2*9-/m00/s1. The molecule has 2 rings (SSSR count). The lowest BCUT2D eigenvalue weighted by Gasteiger charge is -2.10. The van der Waals surface area contributed by atoms with Crippen molar-refractivity contribution >= 4 is 24.8 Å². The predicted molar refractivity (Wildman–Crippen MR) is 105 cm³/mol. The Morgan fingerprint density at radius 2 is 1.00 bits per heavy atom. The fraction of sp³-hybridized carbons (Fsp3) is 0.200. The van der Waals surface area contributed by atoms with E-state index in [-0.39, 0.29) is 24.3 Å². The maximum absolute atomic E-state index is 10.7. The van der Waals surface area contributed by atoms with Crippen LogP contribution >= 0.6 is 0 Å². The van der Waals surface area contributed by atoms with Gasteiger partial charge in [0.25, 0.3) is 0 Å². The Labute approximate surface area is 171 Å². The van der Waals surface area contributed by atoms with E-state index in [0.717, 1.165) is 11.1 Å². The molecule has 2 amide bonds. The minimum Gasteiger partial charge on any atom is -0.508 e. The van der Waals surface area contributed by atoms with Crippen molar-refractivity contribution < 1.29 is 39.6 Å². The molecule has 0 aliphatic carbocycles. The molecule has 0 saturated heterocycles. The lowest BCUT2D eigenvalue weighted by molar-refractivity contribution is -0.141. The van der Waals surface area contributed by atoms with Gasteiger partial charge >= 0.3 is 11.9 Å². The zero-order chi connectivity index (χ0) is 22.5. The average Bonchev–Trinajstić information content (AvgIpc) is 2.71. The quantitative estimate of drug-likeness (QED) is 0.298. The van der Waals surface area contributed by atoms with Crippen LogP contribution in [0.1, 0.15) is 11.1 Å². The Morgan fingerprint density at radius 3 is 1.23 bits per heavy atom. The molecule has 0 heterocycles. The van der Waals surface area contributed by atoms with Gasteiger partial charge in [0.2, 0.25) is 12.8 Å². The van der Waals surface area contributed by atoms with Crippen LogP contribution in [-0.4, -0.2) is 57.3 Å². The number of hydrogen-bond acceptors (Lipinski definition) is 6. The molecule has 2 atom stereocenters. The first kappa shape index (κ1) is 24.0. The number of amides is 2. The number of nitrogens with one attached hydrogen (secondary N) is 2. The van der Waals surface area contributed by atoms with Crippen LogP contribution in [-0.2, 0) is 32.0 Å². The summed E-state index contributed by atoms with van der Waals surface area (Å²) in [7, 11) is 0. The van der Waals surface area contributed by atoms with Crippen molar-refractivity contribution in [2.24, 2.45) is 0 Å². The van der Waals surface area contributed by atoms with Gasteiger partial charge in [-0.05, 0) is 35.4 Å². The molecule has 10 heteroatoms. The average molecular weight is 418 g/mol. The Kier molecular flexibility index (Phi) is 9.90. The van der Waals surface area contributed by atoms with Crippen LogP contribution in [0.25, 0.3) is 0 Å². The topological polar surface area (TPSA) is 173 Å². The number of phenolic OH excluding ortho intramolecular Hbond substituents is 2. The third-order valence-corrected chi connectivity index (χ3v) is 3.89. The summed E-state index contributed by atoms with van der Waals surface area (Å²) >= 11 is 0. The van der Waals surface area contributed by atoms with E-state index < -0.39 is 24.0 Å². The van der Waals surface area contributed by atoms with Crippen molar-refractivity contribution in [2.75, 3.05) is 0 Å². The zero-order valence-electron chi connectivity index (χ0n) is 15.8. The molecule has 2 aromatic rings. The number of carboxylic acids is 2. The first-order valence-electron chi connectivity index (χ1n) is 8.67. The molecule has 0 bridgehead atoms. The summed E-state index contributed by atoms with van der Waals surface area (Å²) in [6.07, 6.45) is 1.10. The molecule has 0 spiro atoms. The highest BCUT2D eigenvalue weighted by molar-refractivity contribution is 5.77. The first-order valence-corrected chi connectivity index (χ1v) is 8.67. The van der Waals surface area contributed by atoms with Gasteiger partial charge in [-0.25, -0.2) is 9.59 Å². The van der Waals surface area contributed by atoms with Gasteiger partial charge in [0.15, 0.2) is 0 Å². The van der Waals surface area contributed by atoms with Gasteiger partial charge in [0, 0.05) is 12.8 Å². The van der Waals surface area contributed by atoms with E-state index >= 15 is 0 Å². The van der Waals surface area contributed by atoms with E-state index in [1.54, 1.807) is 24.3 Å². The molecule has 0 saturated carbocycles. The summed E-state index contributed by atoms with van der Waals surface area (Å²) in [6, 6.07) is 10.4. The number of hydrogen-bond donors (Lipinski definition) is 6. The van der Waals surface area contributed by atoms with E-state index in [0.29, 0.717) is 12.8 Å². The Hall–Kier alpha value is -4.08. The maximum Gasteiger partial charge on any atom is 0.326 e. The Balaban J connectivity index is 0.000000300. The number of carbonyl (C=O) groups excluding carboxylic acids is 2. The van der Waals surface area contributed by atoms with E-state index in [1.807, 2.05) is 0 Å². The minimum atomic E-state index is -1.09. The highest BCUT2D eigenvalue weighted by atomic mass is 16.4. The zero-order valence-corrected chi connectivity index (χ0v) is 15.8. The SMILES string of the molecule is O=CN[C@@H](Cc1ccc(O)cc1)C(=O)O.O=CN[C@@H](Cc1ccc(O)cc1)C(=O)O. The van der Waals surface area contributed by atoms with Gasteiger partial charge in [-0.1, -0.05) is 24.3 Å². The molecule has 160 valence electrons. The smallest absolute Gasteiger partial charge is 0.326 e.